The normalized spacial score (nSPS) is 16.5. The van der Waals surface area contributed by atoms with Crippen LogP contribution >= 0.6 is 0 Å². The quantitative estimate of drug-likeness (QED) is 0.846. The molecule has 24 heavy (non-hydrogen) atoms. The third-order valence-corrected chi connectivity index (χ3v) is 4.76. The van der Waals surface area contributed by atoms with Crippen LogP contribution in [0.1, 0.15) is 35.8 Å². The van der Waals surface area contributed by atoms with E-state index in [4.69, 9.17) is 0 Å². The van der Waals surface area contributed by atoms with E-state index in [1.54, 1.807) is 10.9 Å². The standard InChI is InChI=1S/C17H22N4O3/c1-2-13-6-3-4-7-15(13)21-10-14(18-19-21)16(24)20-9-5-8-17(20,11-22)12-23/h3-4,6-7,10,22-23H,2,5,8-9,11-12H2,1H3. The summed E-state index contributed by atoms with van der Waals surface area (Å²) in [5.41, 5.74) is 1.32. The van der Waals surface area contributed by atoms with Crippen molar-refractivity contribution in [1.29, 1.82) is 0 Å². The van der Waals surface area contributed by atoms with Crippen LogP contribution in [0.15, 0.2) is 30.5 Å². The molecule has 2 heterocycles. The SMILES string of the molecule is CCc1ccccc1-n1cc(C(=O)N2CCCC2(CO)CO)nn1. The number of likely N-dealkylation sites (tertiary alicyclic amines) is 1. The van der Waals surface area contributed by atoms with Crippen LogP contribution < -0.4 is 0 Å². The number of rotatable bonds is 5. The molecule has 0 bridgehead atoms. The predicted octanol–water partition coefficient (Wildman–Crippen LogP) is 0.789. The molecule has 0 unspecified atom stereocenters. The highest BCUT2D eigenvalue weighted by molar-refractivity contribution is 5.92. The Morgan fingerprint density at radius 1 is 1.29 bits per heavy atom. The van der Waals surface area contributed by atoms with Crippen LogP contribution in [0, 0.1) is 0 Å². The summed E-state index contributed by atoms with van der Waals surface area (Å²) in [7, 11) is 0. The van der Waals surface area contributed by atoms with Crippen LogP contribution in [0.5, 0.6) is 0 Å². The van der Waals surface area contributed by atoms with E-state index in [0.29, 0.717) is 13.0 Å². The fourth-order valence-corrected chi connectivity index (χ4v) is 3.29. The summed E-state index contributed by atoms with van der Waals surface area (Å²) in [5.74, 6) is -0.309. The summed E-state index contributed by atoms with van der Waals surface area (Å²) in [6.07, 6.45) is 3.79. The van der Waals surface area contributed by atoms with Gasteiger partial charge in [0.1, 0.15) is 0 Å². The zero-order valence-corrected chi connectivity index (χ0v) is 13.7. The number of hydrogen-bond acceptors (Lipinski definition) is 5. The third kappa shape index (κ3) is 2.70. The van der Waals surface area contributed by atoms with Gasteiger partial charge in [-0.1, -0.05) is 30.3 Å². The van der Waals surface area contributed by atoms with Gasteiger partial charge in [0.15, 0.2) is 5.69 Å². The fourth-order valence-electron chi connectivity index (χ4n) is 3.29. The maximum absolute atomic E-state index is 12.8. The number of aliphatic hydroxyl groups excluding tert-OH is 2. The lowest BCUT2D eigenvalue weighted by atomic mass is 9.98. The Hall–Kier alpha value is -2.25. The van der Waals surface area contributed by atoms with Crippen molar-refractivity contribution in [2.24, 2.45) is 0 Å². The van der Waals surface area contributed by atoms with Gasteiger partial charge in [0.25, 0.3) is 5.91 Å². The largest absolute Gasteiger partial charge is 0.394 e. The zero-order chi connectivity index (χ0) is 17.2. The summed E-state index contributed by atoms with van der Waals surface area (Å²) in [5, 5.41) is 27.4. The number of aliphatic hydroxyl groups is 2. The van der Waals surface area contributed by atoms with E-state index in [2.05, 4.69) is 17.2 Å². The minimum Gasteiger partial charge on any atom is -0.394 e. The Labute approximate surface area is 140 Å². The van der Waals surface area contributed by atoms with Crippen molar-refractivity contribution in [2.75, 3.05) is 19.8 Å². The first-order valence-electron chi connectivity index (χ1n) is 8.19. The van der Waals surface area contributed by atoms with Crippen molar-refractivity contribution >= 4 is 5.91 Å². The van der Waals surface area contributed by atoms with Crippen molar-refractivity contribution in [3.05, 3.63) is 41.7 Å². The van der Waals surface area contributed by atoms with E-state index in [9.17, 15) is 15.0 Å². The predicted molar refractivity (Wildman–Crippen MR) is 87.9 cm³/mol. The van der Waals surface area contributed by atoms with E-state index in [-0.39, 0.29) is 24.8 Å². The van der Waals surface area contributed by atoms with Crippen molar-refractivity contribution in [2.45, 2.75) is 31.7 Å². The van der Waals surface area contributed by atoms with Crippen LogP contribution in [-0.2, 0) is 6.42 Å². The fraction of sp³-hybridized carbons (Fsp3) is 0.471. The first kappa shape index (κ1) is 16.6. The Morgan fingerprint density at radius 3 is 2.75 bits per heavy atom. The van der Waals surface area contributed by atoms with Gasteiger partial charge in [-0.2, -0.15) is 0 Å². The van der Waals surface area contributed by atoms with Crippen molar-refractivity contribution < 1.29 is 15.0 Å². The maximum Gasteiger partial charge on any atom is 0.276 e. The van der Waals surface area contributed by atoms with Crippen LogP contribution in [-0.4, -0.2) is 61.3 Å². The summed E-state index contributed by atoms with van der Waals surface area (Å²) in [6.45, 7) is 2.03. The highest BCUT2D eigenvalue weighted by Crippen LogP contribution is 2.30. The van der Waals surface area contributed by atoms with Crippen molar-refractivity contribution in [3.8, 4) is 5.69 Å². The van der Waals surface area contributed by atoms with Crippen molar-refractivity contribution in [1.82, 2.24) is 19.9 Å². The lowest BCUT2D eigenvalue weighted by Crippen LogP contribution is -2.52. The summed E-state index contributed by atoms with van der Waals surface area (Å²) in [6, 6.07) is 7.83. The van der Waals surface area contributed by atoms with Gasteiger partial charge in [0, 0.05) is 6.54 Å². The smallest absolute Gasteiger partial charge is 0.276 e. The Balaban J connectivity index is 1.89. The average molecular weight is 330 g/mol. The molecular weight excluding hydrogens is 308 g/mol. The van der Waals surface area contributed by atoms with Crippen LogP contribution in [0.3, 0.4) is 0 Å². The molecule has 1 aliphatic rings. The second kappa shape index (κ2) is 6.70. The third-order valence-electron chi connectivity index (χ3n) is 4.76. The number of carbonyl (C=O) groups is 1. The molecule has 128 valence electrons. The van der Waals surface area contributed by atoms with Crippen molar-refractivity contribution in [3.63, 3.8) is 0 Å². The summed E-state index contributed by atoms with van der Waals surface area (Å²) >= 11 is 0. The van der Waals surface area contributed by atoms with Crippen LogP contribution in [0.2, 0.25) is 0 Å². The van der Waals surface area contributed by atoms with E-state index in [0.717, 1.165) is 24.1 Å². The molecule has 2 N–H and O–H groups in total. The number of para-hydroxylation sites is 1. The van der Waals surface area contributed by atoms with Crippen LogP contribution in [0.25, 0.3) is 5.69 Å². The zero-order valence-electron chi connectivity index (χ0n) is 13.7. The molecule has 1 aromatic heterocycles. The minimum absolute atomic E-state index is 0.217. The molecule has 3 rings (SSSR count). The average Bonchev–Trinajstić information content (AvgIpc) is 3.28. The van der Waals surface area contributed by atoms with Gasteiger partial charge in [-0.25, -0.2) is 4.68 Å². The van der Waals surface area contributed by atoms with Gasteiger partial charge in [0.05, 0.1) is 30.6 Å². The van der Waals surface area contributed by atoms with Gasteiger partial charge in [0.2, 0.25) is 0 Å². The molecule has 2 aromatic rings. The molecule has 1 aromatic carbocycles. The van der Waals surface area contributed by atoms with Gasteiger partial charge in [-0.15, -0.1) is 5.10 Å². The van der Waals surface area contributed by atoms with Gasteiger partial charge in [-0.3, -0.25) is 4.79 Å². The molecule has 7 heteroatoms. The van der Waals surface area contributed by atoms with Crippen LogP contribution in [0.4, 0.5) is 0 Å². The molecule has 0 saturated carbocycles. The van der Waals surface area contributed by atoms with Gasteiger partial charge < -0.3 is 15.1 Å². The number of nitrogens with zero attached hydrogens (tertiary/aromatic N) is 4. The first-order valence-corrected chi connectivity index (χ1v) is 8.19. The molecule has 0 spiro atoms. The number of benzene rings is 1. The number of aromatic nitrogens is 3. The Bertz CT molecular complexity index is 724. The number of carbonyl (C=O) groups excluding carboxylic acids is 1. The highest BCUT2D eigenvalue weighted by Gasteiger charge is 2.43. The highest BCUT2D eigenvalue weighted by atomic mass is 16.3. The molecule has 1 aliphatic heterocycles. The molecular formula is C17H22N4O3. The number of aryl methyl sites for hydroxylation is 1. The summed E-state index contributed by atoms with van der Waals surface area (Å²) in [4.78, 5) is 14.3. The van der Waals surface area contributed by atoms with E-state index >= 15 is 0 Å². The number of amides is 1. The monoisotopic (exact) mass is 330 g/mol. The van der Waals surface area contributed by atoms with E-state index < -0.39 is 5.54 Å². The van der Waals surface area contributed by atoms with E-state index in [1.165, 1.54) is 4.90 Å². The van der Waals surface area contributed by atoms with Gasteiger partial charge >= 0.3 is 0 Å². The molecule has 0 radical (unpaired) electrons. The minimum atomic E-state index is -0.901. The molecule has 0 aliphatic carbocycles. The molecule has 1 saturated heterocycles. The maximum atomic E-state index is 12.8. The second-order valence-corrected chi connectivity index (χ2v) is 6.13. The molecule has 1 fully saturated rings. The topological polar surface area (TPSA) is 91.5 Å². The Kier molecular flexibility index (Phi) is 4.64. The summed E-state index contributed by atoms with van der Waals surface area (Å²) < 4.78 is 1.60. The molecule has 0 atom stereocenters. The first-order chi connectivity index (χ1) is 11.6. The molecule has 1 amide bonds. The van der Waals surface area contributed by atoms with E-state index in [1.807, 2.05) is 24.3 Å². The van der Waals surface area contributed by atoms with Gasteiger partial charge in [-0.05, 0) is 30.9 Å². The lowest BCUT2D eigenvalue weighted by molar-refractivity contribution is 0.0144. The number of hydrogen-bond donors (Lipinski definition) is 2. The Morgan fingerprint density at radius 2 is 2.04 bits per heavy atom. The second-order valence-electron chi connectivity index (χ2n) is 6.13. The lowest BCUT2D eigenvalue weighted by Gasteiger charge is -2.34. The molecule has 7 nitrogen and oxygen atoms in total.